The van der Waals surface area contributed by atoms with E-state index in [2.05, 4.69) is 19.7 Å². The summed E-state index contributed by atoms with van der Waals surface area (Å²) in [6, 6.07) is 0. The van der Waals surface area contributed by atoms with Crippen LogP contribution in [0.2, 0.25) is 0 Å². The van der Waals surface area contributed by atoms with Gasteiger partial charge in [-0.15, -0.1) is 19.7 Å². The number of sulfonamides is 2. The molecule has 0 aromatic carbocycles. The van der Waals surface area contributed by atoms with E-state index in [1.54, 1.807) is 0 Å². The first-order valence-corrected chi connectivity index (χ1v) is 9.95. The summed E-state index contributed by atoms with van der Waals surface area (Å²) in [7, 11) is -18.6. The van der Waals surface area contributed by atoms with E-state index in [0.717, 1.165) is 0 Å². The lowest BCUT2D eigenvalue weighted by atomic mass is 11.2. The number of alkyl halides is 6. The highest BCUT2D eigenvalue weighted by Gasteiger charge is 2.66. The molecule has 0 fully saturated rings. The first-order valence-electron chi connectivity index (χ1n) is 4.89. The van der Waals surface area contributed by atoms with Crippen LogP contribution in [0.4, 0.5) is 26.3 Å². The van der Waals surface area contributed by atoms with Crippen LogP contribution in [0.25, 0.3) is 0 Å². The van der Waals surface area contributed by atoms with E-state index in [1.165, 1.54) is 0 Å². The van der Waals surface area contributed by atoms with Crippen molar-refractivity contribution in [3.05, 3.63) is 36.8 Å². The van der Waals surface area contributed by atoms with E-state index >= 15 is 0 Å². The number of nitrogens with zero attached hydrogens (tertiary/aromatic N) is 1. The summed E-state index contributed by atoms with van der Waals surface area (Å²) in [4.78, 5) is 0. The molecule has 0 aliphatic heterocycles. The maximum Gasteiger partial charge on any atom is 0.512 e. The van der Waals surface area contributed by atoms with Crippen LogP contribution < -0.4 is 0 Å². The number of hydrogen-bond acceptors (Lipinski definition) is 4. The fourth-order valence-electron chi connectivity index (χ4n) is 1.21. The summed E-state index contributed by atoms with van der Waals surface area (Å²) in [5, 5.41) is 0. The van der Waals surface area contributed by atoms with Gasteiger partial charge in [0.25, 0.3) is 0 Å². The average molecular weight is 389 g/mol. The molecular formula is C8H9F6NO4S2Si. The molecule has 0 bridgehead atoms. The van der Waals surface area contributed by atoms with E-state index in [4.69, 9.17) is 0 Å². The van der Waals surface area contributed by atoms with Crippen LogP contribution in [-0.2, 0) is 20.0 Å². The van der Waals surface area contributed by atoms with Crippen molar-refractivity contribution >= 4 is 28.3 Å². The van der Waals surface area contributed by atoms with Gasteiger partial charge in [-0.1, -0.05) is 20.5 Å². The number of hydrogen-bond donors (Lipinski definition) is 0. The molecule has 128 valence electrons. The van der Waals surface area contributed by atoms with Crippen LogP contribution in [0.5, 0.6) is 0 Å². The second-order valence-corrected chi connectivity index (χ2v) is 11.5. The highest BCUT2D eigenvalue weighted by Crippen LogP contribution is 2.39. The van der Waals surface area contributed by atoms with Gasteiger partial charge in [-0.2, -0.15) is 26.3 Å². The summed E-state index contributed by atoms with van der Waals surface area (Å²) in [6.07, 6.45) is 0. The Morgan fingerprint density at radius 1 is 0.727 bits per heavy atom. The topological polar surface area (TPSA) is 71.5 Å². The van der Waals surface area contributed by atoms with Gasteiger partial charge >= 0.3 is 31.1 Å². The Bertz CT molecular complexity index is 613. The molecule has 0 saturated heterocycles. The van der Waals surface area contributed by atoms with Crippen LogP contribution in [0, 0.1) is 0 Å². The van der Waals surface area contributed by atoms with E-state index in [-0.39, 0.29) is 0 Å². The Morgan fingerprint density at radius 3 is 1.09 bits per heavy atom. The van der Waals surface area contributed by atoms with Gasteiger partial charge in [0.1, 0.15) is 0 Å². The Kier molecular flexibility index (Phi) is 5.53. The minimum Gasteiger partial charge on any atom is -0.202 e. The van der Waals surface area contributed by atoms with E-state index < -0.39 is 42.7 Å². The first-order chi connectivity index (χ1) is 9.55. The Labute approximate surface area is 123 Å². The quantitative estimate of drug-likeness (QED) is 0.515. The van der Waals surface area contributed by atoms with E-state index in [1.807, 2.05) is 0 Å². The van der Waals surface area contributed by atoms with E-state index in [0.29, 0.717) is 17.1 Å². The molecule has 0 aromatic rings. The molecule has 0 saturated carbocycles. The van der Waals surface area contributed by atoms with Crippen LogP contribution in [0.1, 0.15) is 0 Å². The molecular weight excluding hydrogens is 380 g/mol. The van der Waals surface area contributed by atoms with Gasteiger partial charge in [-0.3, -0.25) is 0 Å². The zero-order valence-corrected chi connectivity index (χ0v) is 13.2. The normalized spacial score (nSPS) is 14.7. The maximum absolute atomic E-state index is 12.6. The zero-order chi connectivity index (χ0) is 18.2. The number of halogens is 6. The van der Waals surface area contributed by atoms with Gasteiger partial charge in [-0.05, 0) is 0 Å². The van der Waals surface area contributed by atoms with Crippen LogP contribution in [-0.4, -0.2) is 39.5 Å². The highest BCUT2D eigenvalue weighted by molar-refractivity contribution is 8.07. The van der Waals surface area contributed by atoms with Gasteiger partial charge in [0.05, 0.1) is 0 Å². The van der Waals surface area contributed by atoms with Gasteiger partial charge in [-0.25, -0.2) is 16.8 Å². The van der Waals surface area contributed by atoms with Crippen molar-refractivity contribution in [1.82, 2.24) is 3.38 Å². The molecule has 0 aliphatic carbocycles. The van der Waals surface area contributed by atoms with Crippen LogP contribution in [0.3, 0.4) is 0 Å². The standard InChI is InChI=1S/C8H9F6NO4S2Si/c1-4-22(5-2,6-3)15(20(16,17)7(9,10)11)21(18,19)8(12,13)14/h4-6H,1-3H2. The summed E-state index contributed by atoms with van der Waals surface area (Å²) in [6.45, 7) is 8.70. The summed E-state index contributed by atoms with van der Waals surface area (Å²) >= 11 is 0. The Balaban J connectivity index is 7.01. The maximum atomic E-state index is 12.6. The van der Waals surface area contributed by atoms with Gasteiger partial charge in [0.2, 0.25) is 8.24 Å². The molecule has 0 radical (unpaired) electrons. The SMILES string of the molecule is C=C[Si](C=C)(C=C)N(S(=O)(=O)C(F)(F)F)S(=O)(=O)C(F)(F)F. The predicted molar refractivity (Wildman–Crippen MR) is 68.1 cm³/mol. The van der Waals surface area contributed by atoms with Crippen molar-refractivity contribution in [1.29, 1.82) is 0 Å². The van der Waals surface area contributed by atoms with Crippen molar-refractivity contribution in [3.8, 4) is 0 Å². The second-order valence-electron chi connectivity index (χ2n) is 3.60. The molecule has 0 aromatic heterocycles. The molecule has 14 heteroatoms. The van der Waals surface area contributed by atoms with Crippen LogP contribution in [0.15, 0.2) is 36.8 Å². The molecule has 0 spiro atoms. The van der Waals surface area contributed by atoms with Gasteiger partial charge in [0.15, 0.2) is 0 Å². The van der Waals surface area contributed by atoms with Crippen molar-refractivity contribution < 1.29 is 43.2 Å². The molecule has 0 amide bonds. The second kappa shape index (κ2) is 5.82. The highest BCUT2D eigenvalue weighted by atomic mass is 32.3. The third-order valence-corrected chi connectivity index (χ3v) is 11.5. The molecule has 5 nitrogen and oxygen atoms in total. The summed E-state index contributed by atoms with van der Waals surface area (Å²) < 4.78 is 119. The summed E-state index contributed by atoms with van der Waals surface area (Å²) in [5.41, 5.74) is -11.5. The average Bonchev–Trinajstić information content (AvgIpc) is 2.32. The monoisotopic (exact) mass is 389 g/mol. The predicted octanol–water partition coefficient (Wildman–Crippen LogP) is 2.11. The third-order valence-electron chi connectivity index (χ3n) is 2.32. The van der Waals surface area contributed by atoms with Crippen molar-refractivity contribution in [3.63, 3.8) is 0 Å². The first kappa shape index (κ1) is 20.9. The third kappa shape index (κ3) is 3.13. The zero-order valence-electron chi connectivity index (χ0n) is 10.5. The lowest BCUT2D eigenvalue weighted by Gasteiger charge is -2.33. The molecule has 22 heavy (non-hydrogen) atoms. The van der Waals surface area contributed by atoms with E-state index in [9.17, 15) is 43.2 Å². The molecule has 0 N–H and O–H groups in total. The van der Waals surface area contributed by atoms with Crippen molar-refractivity contribution in [2.45, 2.75) is 11.0 Å². The fourth-order valence-corrected chi connectivity index (χ4v) is 9.36. The minimum absolute atomic E-state index is 0.347. The molecule has 0 heterocycles. The molecule has 0 rings (SSSR count). The van der Waals surface area contributed by atoms with Crippen LogP contribution >= 0.6 is 0 Å². The largest absolute Gasteiger partial charge is 0.512 e. The summed E-state index contributed by atoms with van der Waals surface area (Å²) in [5.74, 6) is 0. The number of rotatable bonds is 6. The lowest BCUT2D eigenvalue weighted by Crippen LogP contribution is -2.61. The van der Waals surface area contributed by atoms with Crippen molar-refractivity contribution in [2.75, 3.05) is 0 Å². The molecule has 0 aliphatic rings. The lowest BCUT2D eigenvalue weighted by molar-refractivity contribution is -0.0509. The Morgan fingerprint density at radius 2 is 0.955 bits per heavy atom. The van der Waals surface area contributed by atoms with Gasteiger partial charge in [0, 0.05) is 0 Å². The smallest absolute Gasteiger partial charge is 0.202 e. The fraction of sp³-hybridized carbons (Fsp3) is 0.250. The Hall–Kier alpha value is -1.12. The minimum atomic E-state index is -6.90. The molecule has 0 unspecified atom stereocenters. The molecule has 0 atom stereocenters. The van der Waals surface area contributed by atoms with Crippen molar-refractivity contribution in [2.24, 2.45) is 0 Å². The van der Waals surface area contributed by atoms with Gasteiger partial charge < -0.3 is 0 Å².